The smallest absolute Gasteiger partial charge is 0.00218 e. The number of benzene rings is 2. The van der Waals surface area contributed by atoms with Crippen molar-refractivity contribution in [1.29, 1.82) is 0 Å². The molecule has 2 aliphatic rings. The molecule has 4 N–H and O–H groups in total. The molecule has 2 aromatic carbocycles. The highest BCUT2D eigenvalue weighted by atomic mass is 16.0. The van der Waals surface area contributed by atoms with Gasteiger partial charge in [-0.1, -0.05) is 73.5 Å². The zero-order valence-electron chi connectivity index (χ0n) is 18.6. The number of likely N-dealkylation sites (tertiary alicyclic amines) is 2. The van der Waals surface area contributed by atoms with E-state index in [0.29, 0.717) is 0 Å². The van der Waals surface area contributed by atoms with Crippen molar-refractivity contribution >= 4 is 0 Å². The summed E-state index contributed by atoms with van der Waals surface area (Å²) in [6.07, 6.45) is 10.9. The van der Waals surface area contributed by atoms with E-state index in [4.69, 9.17) is 0 Å². The van der Waals surface area contributed by atoms with Crippen LogP contribution in [-0.2, 0) is 12.8 Å². The van der Waals surface area contributed by atoms with Gasteiger partial charge in [-0.3, -0.25) is 0 Å². The topological polar surface area (TPSA) is 69.5 Å². The van der Waals surface area contributed by atoms with E-state index in [1.54, 1.807) is 0 Å². The maximum Gasteiger partial charge on any atom is 0.00218 e. The third-order valence-electron chi connectivity index (χ3n) is 6.02. The molecule has 0 bridgehead atoms. The molecule has 0 unspecified atom stereocenters. The van der Waals surface area contributed by atoms with Gasteiger partial charge < -0.3 is 20.8 Å². The Morgan fingerprint density at radius 3 is 1.13 bits per heavy atom. The minimum absolute atomic E-state index is 0. The first-order valence-electron chi connectivity index (χ1n) is 11.4. The van der Waals surface area contributed by atoms with Crippen molar-refractivity contribution in [3.8, 4) is 0 Å². The highest BCUT2D eigenvalue weighted by Gasteiger charge is 2.09. The lowest BCUT2D eigenvalue weighted by molar-refractivity contribution is 0.231. The molecule has 4 nitrogen and oxygen atoms in total. The van der Waals surface area contributed by atoms with Gasteiger partial charge in [-0.15, -0.1) is 0 Å². The lowest BCUT2D eigenvalue weighted by Crippen LogP contribution is -2.31. The molecule has 4 heteroatoms. The van der Waals surface area contributed by atoms with Gasteiger partial charge in [0.2, 0.25) is 0 Å². The van der Waals surface area contributed by atoms with Gasteiger partial charge in [0, 0.05) is 13.1 Å². The summed E-state index contributed by atoms with van der Waals surface area (Å²) in [5, 5.41) is 0. The number of rotatable bonds is 6. The summed E-state index contributed by atoms with van der Waals surface area (Å²) in [5.74, 6) is 0. The molecule has 2 fully saturated rings. The molecular formula is C26H42N2O2. The Balaban J connectivity index is 0.000000281. The average Bonchev–Trinajstić information content (AvgIpc) is 2.80. The van der Waals surface area contributed by atoms with E-state index in [0.717, 1.165) is 0 Å². The van der Waals surface area contributed by atoms with E-state index < -0.39 is 0 Å². The summed E-state index contributed by atoms with van der Waals surface area (Å²) < 4.78 is 0. The van der Waals surface area contributed by atoms with Crippen LogP contribution in [0.3, 0.4) is 0 Å². The van der Waals surface area contributed by atoms with Crippen LogP contribution in [0.25, 0.3) is 0 Å². The second-order valence-corrected chi connectivity index (χ2v) is 8.28. The zero-order chi connectivity index (χ0) is 19.3. The largest absolute Gasteiger partial charge is 0.412 e. The van der Waals surface area contributed by atoms with Crippen molar-refractivity contribution in [3.63, 3.8) is 0 Å². The monoisotopic (exact) mass is 414 g/mol. The molecular weight excluding hydrogens is 372 g/mol. The van der Waals surface area contributed by atoms with E-state index >= 15 is 0 Å². The molecule has 0 spiro atoms. The fourth-order valence-corrected chi connectivity index (χ4v) is 4.23. The molecule has 4 rings (SSSR count). The Morgan fingerprint density at radius 1 is 0.467 bits per heavy atom. The van der Waals surface area contributed by atoms with Gasteiger partial charge in [-0.2, -0.15) is 0 Å². The van der Waals surface area contributed by atoms with Crippen LogP contribution in [0.1, 0.15) is 49.7 Å². The average molecular weight is 415 g/mol. The minimum Gasteiger partial charge on any atom is -0.412 e. The van der Waals surface area contributed by atoms with Crippen molar-refractivity contribution in [3.05, 3.63) is 71.8 Å². The zero-order valence-corrected chi connectivity index (χ0v) is 18.6. The molecule has 30 heavy (non-hydrogen) atoms. The van der Waals surface area contributed by atoms with E-state index in [-0.39, 0.29) is 11.0 Å². The quantitative estimate of drug-likeness (QED) is 0.722. The predicted molar refractivity (Wildman–Crippen MR) is 128 cm³/mol. The molecule has 2 aliphatic heterocycles. The molecule has 0 aromatic heterocycles. The number of piperidine rings is 2. The Labute approximate surface area is 183 Å². The van der Waals surface area contributed by atoms with Crippen LogP contribution in [0.4, 0.5) is 0 Å². The first-order chi connectivity index (χ1) is 13.9. The summed E-state index contributed by atoms with van der Waals surface area (Å²) >= 11 is 0. The van der Waals surface area contributed by atoms with Crippen LogP contribution in [0, 0.1) is 0 Å². The molecule has 2 heterocycles. The molecule has 0 amide bonds. The van der Waals surface area contributed by atoms with Crippen molar-refractivity contribution in [2.75, 3.05) is 39.3 Å². The Kier molecular flexibility index (Phi) is 14.1. The molecule has 0 saturated carbocycles. The van der Waals surface area contributed by atoms with E-state index in [9.17, 15) is 0 Å². The third kappa shape index (κ3) is 10.4. The minimum atomic E-state index is 0. The second kappa shape index (κ2) is 16.0. The van der Waals surface area contributed by atoms with Crippen molar-refractivity contribution in [1.82, 2.24) is 9.80 Å². The molecule has 168 valence electrons. The summed E-state index contributed by atoms with van der Waals surface area (Å²) in [7, 11) is 0. The van der Waals surface area contributed by atoms with E-state index in [1.165, 1.54) is 102 Å². The van der Waals surface area contributed by atoms with Crippen LogP contribution in [0.5, 0.6) is 0 Å². The summed E-state index contributed by atoms with van der Waals surface area (Å²) in [5.41, 5.74) is 2.94. The Morgan fingerprint density at radius 2 is 0.800 bits per heavy atom. The molecule has 2 saturated heterocycles. The van der Waals surface area contributed by atoms with Crippen molar-refractivity contribution in [2.24, 2.45) is 0 Å². The SMILES string of the molecule is O.O.c1ccc(CCN2CCCCC2)cc1.c1ccc(CCN2CCCCC2)cc1. The van der Waals surface area contributed by atoms with Crippen LogP contribution in [0.2, 0.25) is 0 Å². The number of nitrogens with zero attached hydrogens (tertiary/aromatic N) is 2. The number of hydrogen-bond acceptors (Lipinski definition) is 2. The normalized spacial score (nSPS) is 17.1. The summed E-state index contributed by atoms with van der Waals surface area (Å²) in [6, 6.07) is 21.6. The van der Waals surface area contributed by atoms with Gasteiger partial charge in [-0.25, -0.2) is 0 Å². The van der Waals surface area contributed by atoms with Crippen LogP contribution in [-0.4, -0.2) is 60.0 Å². The lowest BCUT2D eigenvalue weighted by Gasteiger charge is -2.26. The van der Waals surface area contributed by atoms with Crippen LogP contribution < -0.4 is 0 Å². The van der Waals surface area contributed by atoms with Crippen LogP contribution in [0.15, 0.2) is 60.7 Å². The van der Waals surface area contributed by atoms with Gasteiger partial charge >= 0.3 is 0 Å². The van der Waals surface area contributed by atoms with E-state index in [1.807, 2.05) is 0 Å². The lowest BCUT2D eigenvalue weighted by atomic mass is 10.1. The maximum atomic E-state index is 2.59. The molecule has 0 atom stereocenters. The fraction of sp³-hybridized carbons (Fsp3) is 0.538. The highest BCUT2D eigenvalue weighted by molar-refractivity contribution is 5.15. The molecule has 0 aliphatic carbocycles. The first-order valence-corrected chi connectivity index (χ1v) is 11.4. The first kappa shape index (κ1) is 26.3. The summed E-state index contributed by atoms with van der Waals surface area (Å²) in [4.78, 5) is 5.19. The molecule has 2 aromatic rings. The third-order valence-corrected chi connectivity index (χ3v) is 6.02. The maximum absolute atomic E-state index is 2.59. The van der Waals surface area contributed by atoms with Gasteiger partial charge in [-0.05, 0) is 75.8 Å². The van der Waals surface area contributed by atoms with Gasteiger partial charge in [0.15, 0.2) is 0 Å². The Bertz CT molecular complexity index is 566. The molecule has 0 radical (unpaired) electrons. The van der Waals surface area contributed by atoms with E-state index in [2.05, 4.69) is 70.5 Å². The standard InChI is InChI=1S/2C13H19N.2H2O/c2*1-3-7-13(8-4-1)9-12-14-10-5-2-6-11-14;;/h2*1,3-4,7-8H,2,5-6,9-12H2;2*1H2. The van der Waals surface area contributed by atoms with Crippen molar-refractivity contribution in [2.45, 2.75) is 51.4 Å². The predicted octanol–water partition coefficient (Wildman–Crippen LogP) is 3.78. The van der Waals surface area contributed by atoms with Crippen molar-refractivity contribution < 1.29 is 11.0 Å². The fourth-order valence-electron chi connectivity index (χ4n) is 4.23. The highest BCUT2D eigenvalue weighted by Crippen LogP contribution is 2.10. The van der Waals surface area contributed by atoms with Gasteiger partial charge in [0.05, 0.1) is 0 Å². The second-order valence-electron chi connectivity index (χ2n) is 8.28. The summed E-state index contributed by atoms with van der Waals surface area (Å²) in [6.45, 7) is 7.73. The van der Waals surface area contributed by atoms with Gasteiger partial charge in [0.25, 0.3) is 0 Å². The number of hydrogen-bond donors (Lipinski definition) is 0. The van der Waals surface area contributed by atoms with Gasteiger partial charge in [0.1, 0.15) is 0 Å². The van der Waals surface area contributed by atoms with Crippen LogP contribution >= 0.6 is 0 Å². The Hall–Kier alpha value is -1.72.